The molecule has 0 amide bonds. The number of carboxylic acid groups (broad SMARTS) is 1. The van der Waals surface area contributed by atoms with E-state index in [9.17, 15) is 4.79 Å². The number of rotatable bonds is 1. The van der Waals surface area contributed by atoms with Crippen LogP contribution in [0.4, 0.5) is 0 Å². The lowest BCUT2D eigenvalue weighted by atomic mass is 10.0. The quantitative estimate of drug-likeness (QED) is 0.711. The third kappa shape index (κ3) is 1.55. The number of carbonyl (C=O) groups is 1. The Morgan fingerprint density at radius 1 is 1.27 bits per heavy atom. The third-order valence-corrected chi connectivity index (χ3v) is 2.28. The molecule has 2 aromatic carbocycles. The van der Waals surface area contributed by atoms with Crippen LogP contribution in [-0.2, 0) is 0 Å². The van der Waals surface area contributed by atoms with Crippen LogP contribution in [0.1, 0.15) is 15.9 Å². The van der Waals surface area contributed by atoms with E-state index in [4.69, 9.17) is 11.5 Å². The van der Waals surface area contributed by atoms with Crippen LogP contribution < -0.4 is 0 Å². The molecule has 2 rings (SSSR count). The van der Waals surface area contributed by atoms with Gasteiger partial charge in [0, 0.05) is 5.56 Å². The van der Waals surface area contributed by atoms with E-state index >= 15 is 0 Å². The van der Waals surface area contributed by atoms with Crippen molar-refractivity contribution < 1.29 is 9.90 Å². The van der Waals surface area contributed by atoms with E-state index < -0.39 is 5.97 Å². The Bertz CT molecular complexity index is 577. The van der Waals surface area contributed by atoms with Crippen molar-refractivity contribution in [1.82, 2.24) is 0 Å². The maximum absolute atomic E-state index is 10.8. The molecular formula is C13H8O2. The molecule has 2 heteroatoms. The molecule has 15 heavy (non-hydrogen) atoms. The molecule has 72 valence electrons. The Morgan fingerprint density at radius 2 is 2.07 bits per heavy atom. The summed E-state index contributed by atoms with van der Waals surface area (Å²) >= 11 is 0. The van der Waals surface area contributed by atoms with Crippen molar-refractivity contribution in [3.63, 3.8) is 0 Å². The van der Waals surface area contributed by atoms with Crippen molar-refractivity contribution in [1.29, 1.82) is 0 Å². The zero-order valence-corrected chi connectivity index (χ0v) is 7.90. The van der Waals surface area contributed by atoms with Crippen molar-refractivity contribution in [2.45, 2.75) is 0 Å². The lowest BCUT2D eigenvalue weighted by Gasteiger charge is -2.02. The molecule has 0 aliphatic carbocycles. The van der Waals surface area contributed by atoms with E-state index in [0.717, 1.165) is 16.3 Å². The molecule has 0 atom stereocenters. The molecule has 0 fully saturated rings. The van der Waals surface area contributed by atoms with Crippen LogP contribution in [0.5, 0.6) is 0 Å². The van der Waals surface area contributed by atoms with E-state index in [1.54, 1.807) is 24.3 Å². The zero-order valence-electron chi connectivity index (χ0n) is 7.90. The van der Waals surface area contributed by atoms with Gasteiger partial charge in [-0.25, -0.2) is 4.79 Å². The first-order valence-electron chi connectivity index (χ1n) is 4.45. The van der Waals surface area contributed by atoms with Crippen LogP contribution in [0.3, 0.4) is 0 Å². The van der Waals surface area contributed by atoms with Gasteiger partial charge in [-0.05, 0) is 29.0 Å². The van der Waals surface area contributed by atoms with Crippen LogP contribution >= 0.6 is 0 Å². The van der Waals surface area contributed by atoms with Crippen molar-refractivity contribution in [3.8, 4) is 12.3 Å². The number of terminal acetylenes is 1. The fraction of sp³-hybridized carbons (Fsp3) is 0. The molecule has 0 heterocycles. The molecule has 1 N–H and O–H groups in total. The highest BCUT2D eigenvalue weighted by molar-refractivity contribution is 5.96. The lowest BCUT2D eigenvalue weighted by Crippen LogP contribution is -1.95. The van der Waals surface area contributed by atoms with Crippen molar-refractivity contribution in [3.05, 3.63) is 47.5 Å². The summed E-state index contributed by atoms with van der Waals surface area (Å²) in [5.41, 5.74) is 0.973. The van der Waals surface area contributed by atoms with Crippen LogP contribution in [-0.4, -0.2) is 11.1 Å². The summed E-state index contributed by atoms with van der Waals surface area (Å²) in [6.45, 7) is 0. The molecule has 0 saturated heterocycles. The van der Waals surface area contributed by atoms with E-state index in [1.807, 2.05) is 12.1 Å². The fourth-order valence-corrected chi connectivity index (χ4v) is 1.53. The minimum absolute atomic E-state index is 0.255. The minimum atomic E-state index is -0.941. The smallest absolute Gasteiger partial charge is 0.335 e. The first-order valence-corrected chi connectivity index (χ1v) is 4.45. The number of hydrogen-bond donors (Lipinski definition) is 1. The molecule has 0 aliphatic heterocycles. The van der Waals surface area contributed by atoms with Gasteiger partial charge in [0.05, 0.1) is 5.56 Å². The Balaban J connectivity index is 2.80. The fourth-order valence-electron chi connectivity index (χ4n) is 1.53. The average molecular weight is 196 g/mol. The first kappa shape index (κ1) is 9.29. The highest BCUT2D eigenvalue weighted by atomic mass is 16.4. The van der Waals surface area contributed by atoms with Crippen LogP contribution in [0.2, 0.25) is 0 Å². The zero-order chi connectivity index (χ0) is 10.8. The molecule has 0 saturated carbocycles. The van der Waals surface area contributed by atoms with Gasteiger partial charge in [-0.3, -0.25) is 0 Å². The lowest BCUT2D eigenvalue weighted by molar-refractivity contribution is 0.0697. The largest absolute Gasteiger partial charge is 0.478 e. The van der Waals surface area contributed by atoms with Gasteiger partial charge < -0.3 is 5.11 Å². The van der Waals surface area contributed by atoms with Gasteiger partial charge in [0.25, 0.3) is 0 Å². The van der Waals surface area contributed by atoms with E-state index in [0.29, 0.717) is 0 Å². The highest BCUT2D eigenvalue weighted by Gasteiger charge is 2.05. The highest BCUT2D eigenvalue weighted by Crippen LogP contribution is 2.19. The van der Waals surface area contributed by atoms with Gasteiger partial charge in [-0.1, -0.05) is 24.1 Å². The number of hydrogen-bond acceptors (Lipinski definition) is 1. The molecule has 0 unspecified atom stereocenters. The average Bonchev–Trinajstić information content (AvgIpc) is 2.27. The molecule has 0 bridgehead atoms. The Kier molecular flexibility index (Phi) is 2.15. The normalized spacial score (nSPS) is 9.80. The number of fused-ring (bicyclic) bond motifs is 1. The topological polar surface area (TPSA) is 37.3 Å². The summed E-state index contributed by atoms with van der Waals surface area (Å²) in [6, 6.07) is 10.5. The Morgan fingerprint density at radius 3 is 2.73 bits per heavy atom. The Labute approximate surface area is 87.2 Å². The molecular weight excluding hydrogens is 188 g/mol. The second-order valence-corrected chi connectivity index (χ2v) is 3.19. The van der Waals surface area contributed by atoms with Gasteiger partial charge in [0.15, 0.2) is 0 Å². The van der Waals surface area contributed by atoms with Crippen LogP contribution in [0.25, 0.3) is 10.8 Å². The summed E-state index contributed by atoms with van der Waals surface area (Å²) in [4.78, 5) is 10.8. The molecule has 0 radical (unpaired) electrons. The second-order valence-electron chi connectivity index (χ2n) is 3.19. The second kappa shape index (κ2) is 3.47. The van der Waals surface area contributed by atoms with Gasteiger partial charge in [-0.15, -0.1) is 6.42 Å². The SMILES string of the molecule is C#Cc1cccc2ccc(C(=O)O)cc12. The van der Waals surface area contributed by atoms with E-state index in [1.165, 1.54) is 0 Å². The van der Waals surface area contributed by atoms with E-state index in [-0.39, 0.29) is 5.56 Å². The summed E-state index contributed by atoms with van der Waals surface area (Å²) in [5.74, 6) is 1.60. The van der Waals surface area contributed by atoms with Crippen LogP contribution in [0.15, 0.2) is 36.4 Å². The molecule has 2 aromatic rings. The number of benzene rings is 2. The van der Waals surface area contributed by atoms with Crippen molar-refractivity contribution in [2.24, 2.45) is 0 Å². The predicted molar refractivity (Wildman–Crippen MR) is 58.8 cm³/mol. The summed E-state index contributed by atoms with van der Waals surface area (Å²) in [5, 5.41) is 10.6. The van der Waals surface area contributed by atoms with Gasteiger partial charge >= 0.3 is 5.97 Å². The predicted octanol–water partition coefficient (Wildman–Crippen LogP) is 2.52. The Hall–Kier alpha value is -2.27. The summed E-state index contributed by atoms with van der Waals surface area (Å²) < 4.78 is 0. The maximum atomic E-state index is 10.8. The van der Waals surface area contributed by atoms with Crippen molar-refractivity contribution >= 4 is 16.7 Å². The minimum Gasteiger partial charge on any atom is -0.478 e. The first-order chi connectivity index (χ1) is 7.22. The monoisotopic (exact) mass is 196 g/mol. The third-order valence-electron chi connectivity index (χ3n) is 2.28. The standard InChI is InChI=1S/C13H8O2/c1-2-9-4-3-5-10-6-7-11(13(14)15)8-12(9)10/h1,3-8H,(H,14,15). The van der Waals surface area contributed by atoms with Gasteiger partial charge in [-0.2, -0.15) is 0 Å². The van der Waals surface area contributed by atoms with Crippen molar-refractivity contribution in [2.75, 3.05) is 0 Å². The maximum Gasteiger partial charge on any atom is 0.335 e. The number of carboxylic acids is 1. The van der Waals surface area contributed by atoms with E-state index in [2.05, 4.69) is 5.92 Å². The molecule has 2 nitrogen and oxygen atoms in total. The molecule has 0 spiro atoms. The van der Waals surface area contributed by atoms with Gasteiger partial charge in [0.2, 0.25) is 0 Å². The molecule has 0 aromatic heterocycles. The number of aromatic carboxylic acids is 1. The summed E-state index contributed by atoms with van der Waals surface area (Å²) in [7, 11) is 0. The van der Waals surface area contributed by atoms with Gasteiger partial charge in [0.1, 0.15) is 0 Å². The van der Waals surface area contributed by atoms with Crippen LogP contribution in [0, 0.1) is 12.3 Å². The summed E-state index contributed by atoms with van der Waals surface area (Å²) in [6.07, 6.45) is 5.34. The molecule has 0 aliphatic rings.